The first kappa shape index (κ1) is 15.5. The van der Waals surface area contributed by atoms with Gasteiger partial charge in [0.05, 0.1) is 12.3 Å². The normalized spacial score (nSPS) is 20.4. The Bertz CT molecular complexity index is 740. The number of aromatic nitrogens is 3. The summed E-state index contributed by atoms with van der Waals surface area (Å²) >= 11 is 1.13. The Labute approximate surface area is 135 Å². The van der Waals surface area contributed by atoms with E-state index in [9.17, 15) is 14.7 Å². The molecule has 2 aromatic heterocycles. The number of amides is 1. The van der Waals surface area contributed by atoms with E-state index in [0.717, 1.165) is 11.3 Å². The van der Waals surface area contributed by atoms with Gasteiger partial charge in [-0.1, -0.05) is 0 Å². The van der Waals surface area contributed by atoms with Crippen LogP contribution >= 0.6 is 11.3 Å². The third kappa shape index (κ3) is 2.92. The Morgan fingerprint density at radius 3 is 2.74 bits per heavy atom. The summed E-state index contributed by atoms with van der Waals surface area (Å²) in [5, 5.41) is 12.5. The summed E-state index contributed by atoms with van der Waals surface area (Å²) in [4.78, 5) is 36.8. The molecule has 1 aliphatic heterocycles. The van der Waals surface area contributed by atoms with Gasteiger partial charge < -0.3 is 15.2 Å². The van der Waals surface area contributed by atoms with Crippen LogP contribution in [0, 0.1) is 6.92 Å². The van der Waals surface area contributed by atoms with Crippen LogP contribution in [0.15, 0.2) is 18.5 Å². The molecule has 120 valence electrons. The summed E-state index contributed by atoms with van der Waals surface area (Å²) in [6, 6.07) is 1.69. The molecule has 0 aromatic carbocycles. The second kappa shape index (κ2) is 6.01. The number of carbonyl (C=O) groups excluding carboxylic acids is 1. The molecule has 9 heteroatoms. The van der Waals surface area contributed by atoms with Crippen LogP contribution in [0.5, 0.6) is 0 Å². The van der Waals surface area contributed by atoms with E-state index in [1.807, 2.05) is 0 Å². The van der Waals surface area contributed by atoms with Crippen LogP contribution in [0.1, 0.15) is 21.8 Å². The molecule has 0 aliphatic carbocycles. The van der Waals surface area contributed by atoms with Crippen molar-refractivity contribution in [1.82, 2.24) is 20.3 Å². The average molecular weight is 334 g/mol. The number of hydrogen-bond donors (Lipinski definition) is 2. The molecule has 1 saturated heterocycles. The van der Waals surface area contributed by atoms with E-state index in [2.05, 4.69) is 20.3 Å². The van der Waals surface area contributed by atoms with Crippen molar-refractivity contribution in [3.8, 4) is 10.8 Å². The first-order chi connectivity index (χ1) is 11.0. The van der Waals surface area contributed by atoms with Gasteiger partial charge in [-0.05, 0) is 13.0 Å². The molecular formula is C14H14N4O4S. The van der Waals surface area contributed by atoms with E-state index in [1.54, 1.807) is 25.4 Å². The minimum absolute atomic E-state index is 0.0411. The largest absolute Gasteiger partial charge is 0.479 e. The van der Waals surface area contributed by atoms with Gasteiger partial charge in [0, 0.05) is 25.4 Å². The van der Waals surface area contributed by atoms with Gasteiger partial charge in [-0.3, -0.25) is 4.79 Å². The molecule has 1 atom stereocenters. The minimum Gasteiger partial charge on any atom is -0.479 e. The number of aliphatic carboxylic acids is 1. The van der Waals surface area contributed by atoms with Crippen molar-refractivity contribution in [3.63, 3.8) is 0 Å². The molecule has 1 fully saturated rings. The molecule has 2 aromatic rings. The molecule has 1 aliphatic rings. The predicted octanol–water partition coefficient (Wildman–Crippen LogP) is 0.882. The van der Waals surface area contributed by atoms with Crippen molar-refractivity contribution in [3.05, 3.63) is 29.0 Å². The van der Waals surface area contributed by atoms with Crippen molar-refractivity contribution >= 4 is 23.2 Å². The molecule has 2 N–H and O–H groups in total. The molecule has 3 heterocycles. The SMILES string of the molecule is Cc1nc(-c2ncccn2)sc1C(=O)NC1(C(=O)O)CCOC1. The van der Waals surface area contributed by atoms with Crippen molar-refractivity contribution < 1.29 is 19.4 Å². The second-order valence-electron chi connectivity index (χ2n) is 5.15. The number of ether oxygens (including phenoxy) is 1. The second-order valence-corrected chi connectivity index (χ2v) is 6.15. The number of carbonyl (C=O) groups is 2. The van der Waals surface area contributed by atoms with Crippen molar-refractivity contribution in [2.45, 2.75) is 18.9 Å². The van der Waals surface area contributed by atoms with Crippen LogP contribution < -0.4 is 5.32 Å². The van der Waals surface area contributed by atoms with Gasteiger partial charge in [0.25, 0.3) is 5.91 Å². The topological polar surface area (TPSA) is 114 Å². The monoisotopic (exact) mass is 334 g/mol. The highest BCUT2D eigenvalue weighted by Crippen LogP contribution is 2.27. The number of rotatable bonds is 4. The number of thiazole rings is 1. The Kier molecular flexibility index (Phi) is 4.05. The summed E-state index contributed by atoms with van der Waals surface area (Å²) in [5.74, 6) is -1.15. The predicted molar refractivity (Wildman–Crippen MR) is 81.1 cm³/mol. The highest BCUT2D eigenvalue weighted by Gasteiger charge is 2.44. The zero-order valence-corrected chi connectivity index (χ0v) is 13.1. The van der Waals surface area contributed by atoms with Gasteiger partial charge in [0.2, 0.25) is 0 Å². The first-order valence-electron chi connectivity index (χ1n) is 6.90. The molecule has 0 saturated carbocycles. The lowest BCUT2D eigenvalue weighted by Crippen LogP contribution is -2.55. The molecule has 1 amide bonds. The van der Waals surface area contributed by atoms with Crippen LogP contribution in [0.3, 0.4) is 0 Å². The Morgan fingerprint density at radius 2 is 2.13 bits per heavy atom. The van der Waals surface area contributed by atoms with Crippen molar-refractivity contribution in [1.29, 1.82) is 0 Å². The number of carboxylic acid groups (broad SMARTS) is 1. The van der Waals surface area contributed by atoms with Crippen LogP contribution in [-0.4, -0.2) is 50.7 Å². The number of nitrogens with one attached hydrogen (secondary N) is 1. The summed E-state index contributed by atoms with van der Waals surface area (Å²) in [7, 11) is 0. The molecule has 1 unspecified atom stereocenters. The number of carboxylic acids is 1. The van der Waals surface area contributed by atoms with E-state index in [1.165, 1.54) is 0 Å². The molecule has 0 bridgehead atoms. The van der Waals surface area contributed by atoms with Crippen LogP contribution in [0.4, 0.5) is 0 Å². The molecule has 3 rings (SSSR count). The number of nitrogens with zero attached hydrogens (tertiary/aromatic N) is 3. The highest BCUT2D eigenvalue weighted by atomic mass is 32.1. The Balaban J connectivity index is 1.86. The molecular weight excluding hydrogens is 320 g/mol. The fraction of sp³-hybridized carbons (Fsp3) is 0.357. The smallest absolute Gasteiger partial charge is 0.331 e. The summed E-state index contributed by atoms with van der Waals surface area (Å²) in [5.41, 5.74) is -0.869. The maximum absolute atomic E-state index is 12.5. The van der Waals surface area contributed by atoms with E-state index in [-0.39, 0.29) is 13.0 Å². The number of hydrogen-bond acceptors (Lipinski definition) is 7. The van der Waals surface area contributed by atoms with Gasteiger partial charge in [0.1, 0.15) is 4.88 Å². The van der Waals surface area contributed by atoms with Crippen LogP contribution in [0.25, 0.3) is 10.8 Å². The average Bonchev–Trinajstić information content (AvgIpc) is 3.16. The molecule has 0 spiro atoms. The minimum atomic E-state index is -1.38. The van der Waals surface area contributed by atoms with Gasteiger partial charge in [0.15, 0.2) is 16.4 Å². The molecule has 0 radical (unpaired) electrons. The van der Waals surface area contributed by atoms with Crippen LogP contribution in [-0.2, 0) is 9.53 Å². The lowest BCUT2D eigenvalue weighted by Gasteiger charge is -2.23. The maximum Gasteiger partial charge on any atom is 0.331 e. The quantitative estimate of drug-likeness (QED) is 0.853. The summed E-state index contributed by atoms with van der Waals surface area (Å²) < 4.78 is 5.14. The van der Waals surface area contributed by atoms with E-state index < -0.39 is 17.4 Å². The van der Waals surface area contributed by atoms with E-state index in [0.29, 0.717) is 28.0 Å². The Hall–Kier alpha value is -2.39. The van der Waals surface area contributed by atoms with Gasteiger partial charge in [-0.25, -0.2) is 19.7 Å². The molecule has 23 heavy (non-hydrogen) atoms. The fourth-order valence-corrected chi connectivity index (χ4v) is 3.18. The maximum atomic E-state index is 12.5. The zero-order chi connectivity index (χ0) is 16.4. The van der Waals surface area contributed by atoms with Crippen molar-refractivity contribution in [2.24, 2.45) is 0 Å². The first-order valence-corrected chi connectivity index (χ1v) is 7.72. The standard InChI is InChI=1S/C14H14N4O4S/c1-8-9(23-12(17-8)10-15-4-2-5-16-10)11(19)18-14(13(20)21)3-6-22-7-14/h2,4-5H,3,6-7H2,1H3,(H,18,19)(H,20,21). The van der Waals surface area contributed by atoms with E-state index in [4.69, 9.17) is 4.74 Å². The fourth-order valence-electron chi connectivity index (χ4n) is 2.27. The lowest BCUT2D eigenvalue weighted by molar-refractivity contribution is -0.144. The van der Waals surface area contributed by atoms with E-state index >= 15 is 0 Å². The third-order valence-electron chi connectivity index (χ3n) is 3.54. The highest BCUT2D eigenvalue weighted by molar-refractivity contribution is 7.17. The van der Waals surface area contributed by atoms with Gasteiger partial charge >= 0.3 is 5.97 Å². The summed E-state index contributed by atoms with van der Waals surface area (Å²) in [6.07, 6.45) is 3.42. The number of aryl methyl sites for hydroxylation is 1. The summed E-state index contributed by atoms with van der Waals surface area (Å²) in [6.45, 7) is 1.95. The van der Waals surface area contributed by atoms with Crippen molar-refractivity contribution in [2.75, 3.05) is 13.2 Å². The van der Waals surface area contributed by atoms with Gasteiger partial charge in [-0.15, -0.1) is 11.3 Å². The third-order valence-corrected chi connectivity index (χ3v) is 4.70. The Morgan fingerprint density at radius 1 is 1.39 bits per heavy atom. The molecule has 8 nitrogen and oxygen atoms in total. The van der Waals surface area contributed by atoms with Crippen LogP contribution in [0.2, 0.25) is 0 Å². The lowest BCUT2D eigenvalue weighted by atomic mass is 9.99. The van der Waals surface area contributed by atoms with Gasteiger partial charge in [-0.2, -0.15) is 0 Å². The zero-order valence-electron chi connectivity index (χ0n) is 12.3.